The number of methoxy groups -OCH3 is 1. The molecule has 0 fully saturated rings. The zero-order valence-corrected chi connectivity index (χ0v) is 13.3. The highest BCUT2D eigenvalue weighted by molar-refractivity contribution is 5.88. The van der Waals surface area contributed by atoms with Gasteiger partial charge >= 0.3 is 0 Å². The number of benzene rings is 1. The average molecular weight is 295 g/mol. The van der Waals surface area contributed by atoms with Crippen LogP contribution in [0.5, 0.6) is 0 Å². The molecule has 2 heterocycles. The second kappa shape index (κ2) is 6.28. The second-order valence-electron chi connectivity index (χ2n) is 5.73. The van der Waals surface area contributed by atoms with E-state index in [2.05, 4.69) is 52.8 Å². The molecule has 4 nitrogen and oxygen atoms in total. The Morgan fingerprint density at radius 3 is 2.64 bits per heavy atom. The molecule has 3 rings (SSSR count). The highest BCUT2D eigenvalue weighted by Gasteiger charge is 2.13. The van der Waals surface area contributed by atoms with Crippen molar-refractivity contribution in [2.45, 2.75) is 26.3 Å². The summed E-state index contributed by atoms with van der Waals surface area (Å²) in [6.45, 7) is 6.02. The second-order valence-corrected chi connectivity index (χ2v) is 5.73. The number of aromatic nitrogens is 3. The van der Waals surface area contributed by atoms with Gasteiger partial charge in [-0.1, -0.05) is 13.8 Å². The summed E-state index contributed by atoms with van der Waals surface area (Å²) < 4.78 is 7.48. The van der Waals surface area contributed by atoms with Crippen molar-refractivity contribution in [3.8, 4) is 11.4 Å². The van der Waals surface area contributed by atoms with Crippen LogP contribution >= 0.6 is 0 Å². The van der Waals surface area contributed by atoms with Gasteiger partial charge in [-0.15, -0.1) is 0 Å². The minimum absolute atomic E-state index is 0.471. The van der Waals surface area contributed by atoms with Crippen LogP contribution in [0.25, 0.3) is 22.3 Å². The third-order valence-corrected chi connectivity index (χ3v) is 3.89. The third-order valence-electron chi connectivity index (χ3n) is 3.89. The molecular weight excluding hydrogens is 274 g/mol. The molecule has 0 amide bonds. The maximum absolute atomic E-state index is 5.22. The molecule has 0 atom stereocenters. The summed E-state index contributed by atoms with van der Waals surface area (Å²) in [6.07, 6.45) is 5.79. The van der Waals surface area contributed by atoms with Gasteiger partial charge < -0.3 is 9.30 Å². The van der Waals surface area contributed by atoms with Gasteiger partial charge in [0.05, 0.1) is 6.61 Å². The van der Waals surface area contributed by atoms with Crippen molar-refractivity contribution >= 4 is 10.9 Å². The van der Waals surface area contributed by atoms with Crippen LogP contribution in [-0.2, 0) is 11.3 Å². The molecule has 0 radical (unpaired) electrons. The number of ether oxygens (including phenoxy) is 1. The van der Waals surface area contributed by atoms with Gasteiger partial charge in [0.2, 0.25) is 0 Å². The lowest BCUT2D eigenvalue weighted by Crippen LogP contribution is -2.02. The average Bonchev–Trinajstić information content (AvgIpc) is 2.92. The Hall–Kier alpha value is -2.20. The summed E-state index contributed by atoms with van der Waals surface area (Å²) in [5.41, 5.74) is 3.64. The molecular formula is C18H21N3O. The van der Waals surface area contributed by atoms with Crippen molar-refractivity contribution in [2.24, 2.45) is 0 Å². The zero-order chi connectivity index (χ0) is 15.5. The summed E-state index contributed by atoms with van der Waals surface area (Å²) in [4.78, 5) is 8.70. The molecule has 114 valence electrons. The van der Waals surface area contributed by atoms with Crippen LogP contribution in [-0.4, -0.2) is 28.3 Å². The molecule has 1 aromatic carbocycles. The van der Waals surface area contributed by atoms with Crippen LogP contribution < -0.4 is 0 Å². The Morgan fingerprint density at radius 1 is 1.18 bits per heavy atom. The Morgan fingerprint density at radius 2 is 1.95 bits per heavy atom. The van der Waals surface area contributed by atoms with Crippen molar-refractivity contribution in [1.29, 1.82) is 0 Å². The van der Waals surface area contributed by atoms with Gasteiger partial charge in [-0.3, -0.25) is 0 Å². The first-order chi connectivity index (χ1) is 10.7. The van der Waals surface area contributed by atoms with Crippen molar-refractivity contribution in [3.05, 3.63) is 48.4 Å². The van der Waals surface area contributed by atoms with Gasteiger partial charge in [0.15, 0.2) is 5.82 Å². The molecule has 0 aliphatic heterocycles. The predicted molar refractivity (Wildman–Crippen MR) is 88.9 cm³/mol. The molecule has 0 aliphatic carbocycles. The fourth-order valence-corrected chi connectivity index (χ4v) is 2.75. The van der Waals surface area contributed by atoms with Gasteiger partial charge in [-0.2, -0.15) is 0 Å². The summed E-state index contributed by atoms with van der Waals surface area (Å²) >= 11 is 0. The maximum atomic E-state index is 5.22. The quantitative estimate of drug-likeness (QED) is 0.717. The van der Waals surface area contributed by atoms with Crippen LogP contribution in [0.3, 0.4) is 0 Å². The Labute approximate surface area is 130 Å². The van der Waals surface area contributed by atoms with Crippen LogP contribution in [0, 0.1) is 0 Å². The molecule has 0 saturated heterocycles. The Balaban J connectivity index is 2.12. The van der Waals surface area contributed by atoms with Gasteiger partial charge in [0, 0.05) is 48.7 Å². The molecule has 0 saturated carbocycles. The smallest absolute Gasteiger partial charge is 0.159 e. The molecule has 22 heavy (non-hydrogen) atoms. The zero-order valence-electron chi connectivity index (χ0n) is 13.3. The number of rotatable bonds is 5. The number of nitrogens with zero attached hydrogens (tertiary/aromatic N) is 3. The molecule has 0 spiro atoms. The first-order valence-electron chi connectivity index (χ1n) is 7.60. The minimum atomic E-state index is 0.471. The van der Waals surface area contributed by atoms with E-state index in [0.29, 0.717) is 12.5 Å². The molecule has 4 heteroatoms. The van der Waals surface area contributed by atoms with Gasteiger partial charge in [-0.25, -0.2) is 9.97 Å². The van der Waals surface area contributed by atoms with Crippen LogP contribution in [0.1, 0.15) is 25.3 Å². The highest BCUT2D eigenvalue weighted by atomic mass is 16.5. The summed E-state index contributed by atoms with van der Waals surface area (Å²) in [5, 5.41) is 1.27. The summed E-state index contributed by atoms with van der Waals surface area (Å²) in [6, 6.07) is 8.28. The van der Waals surface area contributed by atoms with E-state index < -0.39 is 0 Å². The molecule has 0 aliphatic rings. The van der Waals surface area contributed by atoms with E-state index in [0.717, 1.165) is 17.9 Å². The first kappa shape index (κ1) is 14.7. The highest BCUT2D eigenvalue weighted by Crippen LogP contribution is 2.30. The number of hydrogen-bond donors (Lipinski definition) is 0. The van der Waals surface area contributed by atoms with Crippen molar-refractivity contribution in [2.75, 3.05) is 13.7 Å². The number of hydrogen-bond acceptors (Lipinski definition) is 3. The van der Waals surface area contributed by atoms with E-state index in [1.165, 1.54) is 16.5 Å². The van der Waals surface area contributed by atoms with E-state index in [4.69, 9.17) is 4.74 Å². The Kier molecular flexibility index (Phi) is 4.20. The largest absolute Gasteiger partial charge is 0.383 e. The van der Waals surface area contributed by atoms with E-state index in [9.17, 15) is 0 Å². The molecule has 2 aromatic heterocycles. The normalized spacial score (nSPS) is 11.5. The SMILES string of the molecule is COCCn1cc(C(C)C)c2cc(-c3ncccn3)ccc21. The maximum Gasteiger partial charge on any atom is 0.159 e. The van der Waals surface area contributed by atoms with Crippen molar-refractivity contribution < 1.29 is 4.74 Å². The standard InChI is InChI=1S/C18H21N3O/c1-13(2)16-12-21(9-10-22-3)17-6-5-14(11-15(16)17)18-19-7-4-8-20-18/h4-8,11-13H,9-10H2,1-3H3. The molecule has 0 bridgehead atoms. The van der Waals surface area contributed by atoms with Crippen LogP contribution in [0.2, 0.25) is 0 Å². The fourth-order valence-electron chi connectivity index (χ4n) is 2.75. The lowest BCUT2D eigenvalue weighted by atomic mass is 10.0. The minimum Gasteiger partial charge on any atom is -0.383 e. The Bertz CT molecular complexity index is 763. The lowest BCUT2D eigenvalue weighted by molar-refractivity contribution is 0.188. The topological polar surface area (TPSA) is 39.9 Å². The first-order valence-corrected chi connectivity index (χ1v) is 7.60. The van der Waals surface area contributed by atoms with E-state index in [1.807, 2.05) is 6.07 Å². The van der Waals surface area contributed by atoms with Crippen molar-refractivity contribution in [1.82, 2.24) is 14.5 Å². The monoisotopic (exact) mass is 295 g/mol. The van der Waals surface area contributed by atoms with Gasteiger partial charge in [0.25, 0.3) is 0 Å². The summed E-state index contributed by atoms with van der Waals surface area (Å²) in [5.74, 6) is 1.24. The van der Waals surface area contributed by atoms with E-state index in [1.54, 1.807) is 19.5 Å². The van der Waals surface area contributed by atoms with Crippen LogP contribution in [0.15, 0.2) is 42.9 Å². The molecule has 3 aromatic rings. The van der Waals surface area contributed by atoms with Gasteiger partial charge in [0.1, 0.15) is 0 Å². The van der Waals surface area contributed by atoms with Crippen molar-refractivity contribution in [3.63, 3.8) is 0 Å². The molecule has 0 unspecified atom stereocenters. The number of fused-ring (bicyclic) bond motifs is 1. The third kappa shape index (κ3) is 2.74. The lowest BCUT2D eigenvalue weighted by Gasteiger charge is -2.05. The summed E-state index contributed by atoms with van der Waals surface area (Å²) in [7, 11) is 1.74. The van der Waals surface area contributed by atoms with E-state index in [-0.39, 0.29) is 0 Å². The van der Waals surface area contributed by atoms with E-state index >= 15 is 0 Å². The molecule has 0 N–H and O–H groups in total. The van der Waals surface area contributed by atoms with Crippen LogP contribution in [0.4, 0.5) is 0 Å². The predicted octanol–water partition coefficient (Wildman–Crippen LogP) is 3.87. The van der Waals surface area contributed by atoms with Gasteiger partial charge in [-0.05, 0) is 35.7 Å². The fraction of sp³-hybridized carbons (Fsp3) is 0.333.